The van der Waals surface area contributed by atoms with E-state index >= 15 is 0 Å². The van der Waals surface area contributed by atoms with Gasteiger partial charge in [0.05, 0.1) is 5.66 Å². The third kappa shape index (κ3) is 12.0. The lowest BCUT2D eigenvalue weighted by Gasteiger charge is -2.31. The van der Waals surface area contributed by atoms with Gasteiger partial charge in [-0.3, -0.25) is 5.32 Å². The predicted octanol–water partition coefficient (Wildman–Crippen LogP) is 5.20. The van der Waals surface area contributed by atoms with Crippen LogP contribution in [0.2, 0.25) is 0 Å². The highest BCUT2D eigenvalue weighted by molar-refractivity contribution is 5.71. The summed E-state index contributed by atoms with van der Waals surface area (Å²) in [5.41, 5.74) is 1.76. The van der Waals surface area contributed by atoms with E-state index in [2.05, 4.69) is 21.3 Å². The van der Waals surface area contributed by atoms with Crippen LogP contribution in [0.5, 0.6) is 0 Å². The van der Waals surface area contributed by atoms with Gasteiger partial charge in [0.2, 0.25) is 0 Å². The fourth-order valence-electron chi connectivity index (χ4n) is 3.89. The third-order valence-corrected chi connectivity index (χ3v) is 6.32. The normalized spacial score (nSPS) is 12.1. The Balaban J connectivity index is 1.51. The maximum atomic E-state index is 12.5. The summed E-state index contributed by atoms with van der Waals surface area (Å²) >= 11 is 0. The first kappa shape index (κ1) is 31.0. The van der Waals surface area contributed by atoms with Crippen molar-refractivity contribution in [2.45, 2.75) is 57.8 Å². The second-order valence-corrected chi connectivity index (χ2v) is 9.63. The summed E-state index contributed by atoms with van der Waals surface area (Å²) in [6.07, 6.45) is -1.36. The van der Waals surface area contributed by atoms with E-state index in [-0.39, 0.29) is 19.8 Å². The Morgan fingerprint density at radius 2 is 1.05 bits per heavy atom. The molecule has 0 aromatic heterocycles. The number of carbonyl (C=O) groups is 3. The second-order valence-electron chi connectivity index (χ2n) is 9.63. The van der Waals surface area contributed by atoms with Crippen LogP contribution in [-0.2, 0) is 34.0 Å². The number of amides is 3. The summed E-state index contributed by atoms with van der Waals surface area (Å²) in [5, 5.41) is 11.3. The van der Waals surface area contributed by atoms with Crippen molar-refractivity contribution >= 4 is 18.3 Å². The number of alkyl carbamates (subject to hydrolysis) is 3. The summed E-state index contributed by atoms with van der Waals surface area (Å²) in [4.78, 5) is 37.5. The molecular weight excluding hydrogens is 524 g/mol. The van der Waals surface area contributed by atoms with Gasteiger partial charge in [-0.2, -0.15) is 0 Å². The minimum absolute atomic E-state index is 0.0880. The molecular formula is C31H38N4O6. The molecule has 1 atom stereocenters. The Labute approximate surface area is 240 Å². The molecule has 0 aliphatic carbocycles. The maximum Gasteiger partial charge on any atom is 0.409 e. The van der Waals surface area contributed by atoms with Crippen molar-refractivity contribution < 1.29 is 28.6 Å². The van der Waals surface area contributed by atoms with E-state index in [1.165, 1.54) is 0 Å². The van der Waals surface area contributed by atoms with Crippen molar-refractivity contribution in [3.63, 3.8) is 0 Å². The van der Waals surface area contributed by atoms with Crippen LogP contribution >= 0.6 is 0 Å². The monoisotopic (exact) mass is 562 g/mol. The van der Waals surface area contributed by atoms with Gasteiger partial charge in [-0.1, -0.05) is 91.0 Å². The summed E-state index contributed by atoms with van der Waals surface area (Å²) in [6.45, 7) is 2.16. The highest BCUT2D eigenvalue weighted by Gasteiger charge is 2.26. The lowest BCUT2D eigenvalue weighted by atomic mass is 10.0. The largest absolute Gasteiger partial charge is 0.445 e. The number of nitrogens with one attached hydrogen (secondary N) is 4. The molecule has 0 radical (unpaired) electrons. The molecule has 3 rings (SSSR count). The van der Waals surface area contributed by atoms with Crippen LogP contribution in [0.15, 0.2) is 91.0 Å². The van der Waals surface area contributed by atoms with Gasteiger partial charge in [0.1, 0.15) is 26.0 Å². The van der Waals surface area contributed by atoms with Crippen LogP contribution in [0.25, 0.3) is 0 Å². The molecule has 0 heterocycles. The van der Waals surface area contributed by atoms with Crippen molar-refractivity contribution in [3.05, 3.63) is 108 Å². The van der Waals surface area contributed by atoms with E-state index in [0.29, 0.717) is 19.3 Å². The molecule has 0 bridgehead atoms. The van der Waals surface area contributed by atoms with Crippen LogP contribution < -0.4 is 21.3 Å². The predicted molar refractivity (Wildman–Crippen MR) is 154 cm³/mol. The van der Waals surface area contributed by atoms with Crippen molar-refractivity contribution in [3.8, 4) is 0 Å². The Morgan fingerprint density at radius 1 is 0.659 bits per heavy atom. The molecule has 10 nitrogen and oxygen atoms in total. The quantitative estimate of drug-likeness (QED) is 0.157. The van der Waals surface area contributed by atoms with E-state index in [4.69, 9.17) is 14.2 Å². The van der Waals surface area contributed by atoms with E-state index in [1.54, 1.807) is 7.05 Å². The minimum atomic E-state index is -0.792. The molecule has 3 aromatic carbocycles. The molecule has 0 aliphatic rings. The molecule has 4 N–H and O–H groups in total. The maximum absolute atomic E-state index is 12.5. The summed E-state index contributed by atoms with van der Waals surface area (Å²) in [7, 11) is 1.73. The van der Waals surface area contributed by atoms with Gasteiger partial charge < -0.3 is 30.2 Å². The average molecular weight is 563 g/mol. The van der Waals surface area contributed by atoms with Gasteiger partial charge in [-0.05, 0) is 49.9 Å². The van der Waals surface area contributed by atoms with Crippen LogP contribution in [-0.4, -0.2) is 37.2 Å². The lowest BCUT2D eigenvalue weighted by molar-refractivity contribution is 0.118. The number of benzene rings is 3. The average Bonchev–Trinajstić information content (AvgIpc) is 2.99. The van der Waals surface area contributed by atoms with E-state index in [1.807, 2.05) is 97.9 Å². The fourth-order valence-corrected chi connectivity index (χ4v) is 3.89. The topological polar surface area (TPSA) is 127 Å². The van der Waals surface area contributed by atoms with Gasteiger partial charge in [0.15, 0.2) is 0 Å². The van der Waals surface area contributed by atoms with E-state index in [0.717, 1.165) is 16.7 Å². The van der Waals surface area contributed by atoms with Crippen LogP contribution in [0.1, 0.15) is 42.9 Å². The molecule has 0 aliphatic heterocycles. The Kier molecular flexibility index (Phi) is 12.5. The standard InChI is InChI=1S/C31H38N4O6/c1-31(32-2,35-30(38)41-23-26-17-10-5-11-18-26)20-12-19-27(33-28(36)39-21-24-13-6-3-7-14-24)34-29(37)40-22-25-15-8-4-9-16-25/h3-11,13-18,27,32H,12,19-23H2,1-2H3,(H,33,36)(H,34,37)(H,35,38)/t31-/m0/s1. The van der Waals surface area contributed by atoms with E-state index in [9.17, 15) is 14.4 Å². The first-order valence-electron chi connectivity index (χ1n) is 13.5. The van der Waals surface area contributed by atoms with Crippen LogP contribution in [0, 0.1) is 0 Å². The Hall–Kier alpha value is -4.57. The molecule has 3 amide bonds. The number of hydrogen-bond acceptors (Lipinski definition) is 7. The van der Waals surface area contributed by atoms with Crippen molar-refractivity contribution in [2.75, 3.05) is 7.05 Å². The second kappa shape index (κ2) is 16.5. The van der Waals surface area contributed by atoms with Crippen molar-refractivity contribution in [1.82, 2.24) is 21.3 Å². The minimum Gasteiger partial charge on any atom is -0.445 e. The molecule has 0 saturated heterocycles. The first-order chi connectivity index (χ1) is 19.8. The van der Waals surface area contributed by atoms with Crippen LogP contribution in [0.3, 0.4) is 0 Å². The first-order valence-corrected chi connectivity index (χ1v) is 13.5. The van der Waals surface area contributed by atoms with Gasteiger partial charge in [-0.25, -0.2) is 14.4 Å². The van der Waals surface area contributed by atoms with Crippen molar-refractivity contribution in [2.24, 2.45) is 0 Å². The molecule has 10 heteroatoms. The molecule has 0 saturated carbocycles. The van der Waals surface area contributed by atoms with Crippen molar-refractivity contribution in [1.29, 1.82) is 0 Å². The smallest absolute Gasteiger partial charge is 0.409 e. The number of rotatable bonds is 14. The Morgan fingerprint density at radius 3 is 1.44 bits per heavy atom. The summed E-state index contributed by atoms with van der Waals surface area (Å²) < 4.78 is 16.0. The fraction of sp³-hybridized carbons (Fsp3) is 0.323. The van der Waals surface area contributed by atoms with Gasteiger partial charge in [0, 0.05) is 0 Å². The molecule has 3 aromatic rings. The SMILES string of the molecule is CN[C@](C)(CCCC(NC(=O)OCc1ccccc1)NC(=O)OCc1ccccc1)NC(=O)OCc1ccccc1. The molecule has 0 spiro atoms. The zero-order chi connectivity index (χ0) is 29.3. The lowest BCUT2D eigenvalue weighted by Crippen LogP contribution is -2.55. The molecule has 218 valence electrons. The van der Waals surface area contributed by atoms with E-state index < -0.39 is 30.1 Å². The number of ether oxygens (including phenoxy) is 3. The highest BCUT2D eigenvalue weighted by Crippen LogP contribution is 2.13. The highest BCUT2D eigenvalue weighted by atomic mass is 16.6. The van der Waals surface area contributed by atoms with Gasteiger partial charge in [0.25, 0.3) is 0 Å². The summed E-state index contributed by atoms with van der Waals surface area (Å²) in [5.74, 6) is 0. The Bertz CT molecular complexity index is 1160. The van der Waals surface area contributed by atoms with Gasteiger partial charge in [-0.15, -0.1) is 0 Å². The van der Waals surface area contributed by atoms with Crippen LogP contribution in [0.4, 0.5) is 14.4 Å². The summed E-state index contributed by atoms with van der Waals surface area (Å²) in [6, 6.07) is 28.0. The molecule has 0 fully saturated rings. The zero-order valence-electron chi connectivity index (χ0n) is 23.4. The zero-order valence-corrected chi connectivity index (χ0v) is 23.4. The molecule has 0 unspecified atom stereocenters. The number of carbonyl (C=O) groups excluding carboxylic acids is 3. The third-order valence-electron chi connectivity index (χ3n) is 6.32. The molecule has 41 heavy (non-hydrogen) atoms. The van der Waals surface area contributed by atoms with Gasteiger partial charge >= 0.3 is 18.3 Å². The number of hydrogen-bond donors (Lipinski definition) is 4.